The maximum Gasteiger partial charge on any atom is 0.341 e. The number of aryl methyl sites for hydroxylation is 1. The second kappa shape index (κ2) is 6.93. The summed E-state index contributed by atoms with van der Waals surface area (Å²) in [6.07, 6.45) is 3.80. The molecular weight excluding hydrogens is 328 g/mol. The lowest BCUT2D eigenvalue weighted by Gasteiger charge is -2.15. The number of carbonyl (C=O) groups is 3. The van der Waals surface area contributed by atoms with Gasteiger partial charge in [0.05, 0.1) is 5.56 Å². The molecule has 3 rings (SSSR count). The zero-order valence-corrected chi connectivity index (χ0v) is 14.8. The Labute approximate surface area is 145 Å². The third-order valence-corrected chi connectivity index (χ3v) is 5.68. The number of nitrogens with zero attached hydrogens (tertiary/aromatic N) is 1. The molecule has 1 aliphatic heterocycles. The van der Waals surface area contributed by atoms with Crippen LogP contribution in [0.25, 0.3) is 0 Å². The number of rotatable bonds is 5. The number of amides is 2. The molecule has 7 heteroatoms. The molecule has 1 saturated carbocycles. The number of nitrogens with one attached hydrogen (secondary N) is 1. The summed E-state index contributed by atoms with van der Waals surface area (Å²) in [6, 6.07) is 0. The number of likely N-dealkylation sites (tertiary alicyclic amines) is 1. The SMILES string of the molecule is Cc1sc(NC(=O)C2CC2)c(C(=O)OCC(=O)N2CCCC2)c1C. The number of esters is 1. The largest absolute Gasteiger partial charge is 0.452 e. The molecule has 2 fully saturated rings. The molecule has 0 spiro atoms. The van der Waals surface area contributed by atoms with Crippen LogP contribution in [-0.2, 0) is 14.3 Å². The van der Waals surface area contributed by atoms with E-state index in [2.05, 4.69) is 5.32 Å². The molecule has 1 N–H and O–H groups in total. The average Bonchev–Trinajstić information content (AvgIpc) is 3.19. The molecule has 1 aromatic rings. The molecular formula is C17H22N2O4S. The maximum atomic E-state index is 12.4. The zero-order valence-electron chi connectivity index (χ0n) is 14.0. The molecule has 2 amide bonds. The summed E-state index contributed by atoms with van der Waals surface area (Å²) >= 11 is 1.37. The number of anilines is 1. The Bertz CT molecular complexity index is 672. The summed E-state index contributed by atoms with van der Waals surface area (Å²) in [5.74, 6) is -0.684. The fourth-order valence-electron chi connectivity index (χ4n) is 2.78. The van der Waals surface area contributed by atoms with Gasteiger partial charge in [0.15, 0.2) is 6.61 Å². The second-order valence-corrected chi connectivity index (χ2v) is 7.64. The van der Waals surface area contributed by atoms with Gasteiger partial charge >= 0.3 is 5.97 Å². The predicted molar refractivity (Wildman–Crippen MR) is 91.2 cm³/mol. The molecule has 0 unspecified atom stereocenters. The standard InChI is InChI=1S/C17H22N2O4S/c1-10-11(2)24-16(18-15(21)12-5-6-12)14(10)17(22)23-9-13(20)19-7-3-4-8-19/h12H,3-9H2,1-2H3,(H,18,21). The quantitative estimate of drug-likeness (QED) is 0.828. The summed E-state index contributed by atoms with van der Waals surface area (Å²) in [5, 5.41) is 3.37. The number of hydrogen-bond donors (Lipinski definition) is 1. The third-order valence-electron chi connectivity index (χ3n) is 4.56. The summed E-state index contributed by atoms with van der Waals surface area (Å²) in [7, 11) is 0. The van der Waals surface area contributed by atoms with Gasteiger partial charge in [0.25, 0.3) is 5.91 Å². The van der Waals surface area contributed by atoms with Crippen molar-refractivity contribution >= 4 is 34.1 Å². The fourth-order valence-corrected chi connectivity index (χ4v) is 3.83. The first-order chi connectivity index (χ1) is 11.5. The van der Waals surface area contributed by atoms with Crippen molar-refractivity contribution in [3.63, 3.8) is 0 Å². The van der Waals surface area contributed by atoms with Crippen LogP contribution in [-0.4, -0.2) is 42.4 Å². The molecule has 24 heavy (non-hydrogen) atoms. The molecule has 0 radical (unpaired) electrons. The van der Waals surface area contributed by atoms with Crippen molar-refractivity contribution in [2.24, 2.45) is 5.92 Å². The first kappa shape index (κ1) is 17.0. The molecule has 0 aromatic carbocycles. The highest BCUT2D eigenvalue weighted by Gasteiger charge is 2.32. The lowest BCUT2D eigenvalue weighted by Crippen LogP contribution is -2.32. The van der Waals surface area contributed by atoms with Gasteiger partial charge in [-0.15, -0.1) is 11.3 Å². The zero-order chi connectivity index (χ0) is 17.3. The van der Waals surface area contributed by atoms with Crippen LogP contribution in [0.2, 0.25) is 0 Å². The van der Waals surface area contributed by atoms with Crippen LogP contribution < -0.4 is 5.32 Å². The van der Waals surface area contributed by atoms with E-state index in [9.17, 15) is 14.4 Å². The van der Waals surface area contributed by atoms with Crippen LogP contribution in [0.5, 0.6) is 0 Å². The van der Waals surface area contributed by atoms with E-state index in [4.69, 9.17) is 4.74 Å². The van der Waals surface area contributed by atoms with Gasteiger partial charge in [0.2, 0.25) is 5.91 Å². The molecule has 2 heterocycles. The van der Waals surface area contributed by atoms with Crippen molar-refractivity contribution in [2.75, 3.05) is 25.0 Å². The van der Waals surface area contributed by atoms with Crippen LogP contribution in [0.4, 0.5) is 5.00 Å². The molecule has 0 atom stereocenters. The highest BCUT2D eigenvalue weighted by molar-refractivity contribution is 7.16. The van der Waals surface area contributed by atoms with Gasteiger partial charge < -0.3 is 15.0 Å². The normalized spacial score (nSPS) is 17.0. The smallest absolute Gasteiger partial charge is 0.341 e. The topological polar surface area (TPSA) is 75.7 Å². The van der Waals surface area contributed by atoms with Crippen molar-refractivity contribution in [3.8, 4) is 0 Å². The molecule has 130 valence electrons. The van der Waals surface area contributed by atoms with Gasteiger partial charge in [0, 0.05) is 23.9 Å². The molecule has 6 nitrogen and oxygen atoms in total. The van der Waals surface area contributed by atoms with Gasteiger partial charge in [0.1, 0.15) is 5.00 Å². The molecule has 2 aliphatic rings. The summed E-state index contributed by atoms with van der Waals surface area (Å²) < 4.78 is 5.22. The Morgan fingerprint density at radius 1 is 1.21 bits per heavy atom. The van der Waals surface area contributed by atoms with Crippen molar-refractivity contribution in [3.05, 3.63) is 16.0 Å². The fraction of sp³-hybridized carbons (Fsp3) is 0.588. The molecule has 1 saturated heterocycles. The molecule has 1 aliphatic carbocycles. The lowest BCUT2D eigenvalue weighted by molar-refractivity contribution is -0.133. The first-order valence-corrected chi connectivity index (χ1v) is 9.14. The van der Waals surface area contributed by atoms with E-state index in [1.54, 1.807) is 4.90 Å². The highest BCUT2D eigenvalue weighted by Crippen LogP contribution is 2.36. The summed E-state index contributed by atoms with van der Waals surface area (Å²) in [6.45, 7) is 4.95. The Morgan fingerprint density at radius 2 is 1.88 bits per heavy atom. The van der Waals surface area contributed by atoms with E-state index >= 15 is 0 Å². The number of carbonyl (C=O) groups excluding carboxylic acids is 3. The minimum absolute atomic E-state index is 0.0431. The lowest BCUT2D eigenvalue weighted by atomic mass is 10.1. The van der Waals surface area contributed by atoms with Gasteiger partial charge in [-0.1, -0.05) is 0 Å². The Kier molecular flexibility index (Phi) is 4.89. The van der Waals surface area contributed by atoms with E-state index in [1.165, 1.54) is 11.3 Å². The summed E-state index contributed by atoms with van der Waals surface area (Å²) in [4.78, 5) is 39.1. The molecule has 0 bridgehead atoms. The van der Waals surface area contributed by atoms with Crippen LogP contribution in [0.1, 0.15) is 46.5 Å². The maximum absolute atomic E-state index is 12.4. The van der Waals surface area contributed by atoms with Crippen molar-refractivity contribution in [2.45, 2.75) is 39.5 Å². The van der Waals surface area contributed by atoms with Crippen LogP contribution in [0.3, 0.4) is 0 Å². The van der Waals surface area contributed by atoms with E-state index in [-0.39, 0.29) is 24.3 Å². The first-order valence-electron chi connectivity index (χ1n) is 8.33. The van der Waals surface area contributed by atoms with Crippen molar-refractivity contribution in [1.82, 2.24) is 4.90 Å². The average molecular weight is 350 g/mol. The van der Waals surface area contributed by atoms with Crippen LogP contribution in [0.15, 0.2) is 0 Å². The van der Waals surface area contributed by atoms with Gasteiger partial charge in [-0.25, -0.2) is 4.79 Å². The van der Waals surface area contributed by atoms with Gasteiger partial charge in [-0.05, 0) is 45.1 Å². The van der Waals surface area contributed by atoms with Crippen molar-refractivity contribution < 1.29 is 19.1 Å². The Hall–Kier alpha value is -1.89. The number of ether oxygens (including phenoxy) is 1. The van der Waals surface area contributed by atoms with E-state index in [0.29, 0.717) is 10.6 Å². The van der Waals surface area contributed by atoms with Crippen LogP contribution in [0, 0.1) is 19.8 Å². The Balaban J connectivity index is 1.66. The van der Waals surface area contributed by atoms with E-state index < -0.39 is 5.97 Å². The van der Waals surface area contributed by atoms with Crippen molar-refractivity contribution in [1.29, 1.82) is 0 Å². The van der Waals surface area contributed by atoms with Crippen LogP contribution >= 0.6 is 11.3 Å². The second-order valence-electron chi connectivity index (χ2n) is 6.41. The predicted octanol–water partition coefficient (Wildman–Crippen LogP) is 2.49. The minimum atomic E-state index is -0.546. The van der Waals surface area contributed by atoms with Gasteiger partial charge in [-0.2, -0.15) is 0 Å². The number of thiophene rings is 1. The molecule has 1 aromatic heterocycles. The van der Waals surface area contributed by atoms with E-state index in [0.717, 1.165) is 49.2 Å². The Morgan fingerprint density at radius 3 is 2.50 bits per heavy atom. The van der Waals surface area contributed by atoms with E-state index in [1.807, 2.05) is 13.8 Å². The summed E-state index contributed by atoms with van der Waals surface area (Å²) in [5.41, 5.74) is 1.17. The minimum Gasteiger partial charge on any atom is -0.452 e. The highest BCUT2D eigenvalue weighted by atomic mass is 32.1. The van der Waals surface area contributed by atoms with Gasteiger partial charge in [-0.3, -0.25) is 9.59 Å². The monoisotopic (exact) mass is 350 g/mol. The number of hydrogen-bond acceptors (Lipinski definition) is 5. The third kappa shape index (κ3) is 3.61.